The van der Waals surface area contributed by atoms with Crippen LogP contribution in [0.5, 0.6) is 0 Å². The van der Waals surface area contributed by atoms with Crippen LogP contribution in [-0.4, -0.2) is 43.4 Å². The number of hydrogen-bond donors (Lipinski definition) is 1. The van der Waals surface area contributed by atoms with Gasteiger partial charge in [0, 0.05) is 12.0 Å². The third-order valence-corrected chi connectivity index (χ3v) is 5.37. The summed E-state index contributed by atoms with van der Waals surface area (Å²) in [5.74, 6) is 0.876. The maximum Gasteiger partial charge on any atom is 0.115 e. The molecule has 2 rings (SSSR count). The van der Waals surface area contributed by atoms with Crippen LogP contribution in [0.25, 0.3) is 0 Å². The Balaban J connectivity index is 2.33. The van der Waals surface area contributed by atoms with Gasteiger partial charge in [-0.1, -0.05) is 19.9 Å². The SMILES string of the molecule is COC1=CC(CN(C)C)(C2(O)CCC(C)(C)CC2)CC=C1. The summed E-state index contributed by atoms with van der Waals surface area (Å²) in [4.78, 5) is 2.18. The zero-order valence-corrected chi connectivity index (χ0v) is 14.3. The summed E-state index contributed by atoms with van der Waals surface area (Å²) < 4.78 is 5.45. The Morgan fingerprint density at radius 3 is 2.33 bits per heavy atom. The molecule has 0 aromatic carbocycles. The molecule has 3 nitrogen and oxygen atoms in total. The summed E-state index contributed by atoms with van der Waals surface area (Å²) >= 11 is 0. The molecular formula is C18H31NO2. The van der Waals surface area contributed by atoms with Crippen molar-refractivity contribution in [3.63, 3.8) is 0 Å². The predicted octanol–water partition coefficient (Wildman–Crippen LogP) is 3.36. The minimum absolute atomic E-state index is 0.243. The van der Waals surface area contributed by atoms with Gasteiger partial charge in [0.2, 0.25) is 0 Å². The fourth-order valence-corrected chi connectivity index (χ4v) is 3.88. The van der Waals surface area contributed by atoms with Crippen LogP contribution in [-0.2, 0) is 4.74 Å². The minimum atomic E-state index is -0.638. The molecule has 0 bridgehead atoms. The lowest BCUT2D eigenvalue weighted by atomic mass is 9.58. The van der Waals surface area contributed by atoms with Crippen molar-refractivity contribution in [2.75, 3.05) is 27.7 Å². The first kappa shape index (κ1) is 16.6. The highest BCUT2D eigenvalue weighted by Crippen LogP contribution is 2.52. The van der Waals surface area contributed by atoms with Crippen LogP contribution < -0.4 is 0 Å². The van der Waals surface area contributed by atoms with Crippen LogP contribution >= 0.6 is 0 Å². The molecule has 0 heterocycles. The molecule has 0 aromatic rings. The predicted molar refractivity (Wildman–Crippen MR) is 87.0 cm³/mol. The molecule has 1 N–H and O–H groups in total. The van der Waals surface area contributed by atoms with Crippen LogP contribution in [0.4, 0.5) is 0 Å². The van der Waals surface area contributed by atoms with Crippen molar-refractivity contribution >= 4 is 0 Å². The number of hydrogen-bond acceptors (Lipinski definition) is 3. The van der Waals surface area contributed by atoms with Gasteiger partial charge >= 0.3 is 0 Å². The molecule has 0 aliphatic heterocycles. The van der Waals surface area contributed by atoms with Gasteiger partial charge in [0.05, 0.1) is 12.7 Å². The van der Waals surface area contributed by atoms with Crippen molar-refractivity contribution in [3.05, 3.63) is 24.0 Å². The molecule has 1 unspecified atom stereocenters. The van der Waals surface area contributed by atoms with Crippen molar-refractivity contribution in [1.82, 2.24) is 4.90 Å². The zero-order chi connectivity index (χ0) is 15.7. The fourth-order valence-electron chi connectivity index (χ4n) is 3.88. The van der Waals surface area contributed by atoms with Gasteiger partial charge in [-0.2, -0.15) is 0 Å². The molecular weight excluding hydrogens is 262 g/mol. The van der Waals surface area contributed by atoms with E-state index < -0.39 is 5.60 Å². The van der Waals surface area contributed by atoms with Gasteiger partial charge in [-0.3, -0.25) is 0 Å². The molecule has 1 fully saturated rings. The highest BCUT2D eigenvalue weighted by molar-refractivity contribution is 5.27. The first-order chi connectivity index (χ1) is 9.72. The molecule has 3 heteroatoms. The van der Waals surface area contributed by atoms with Crippen LogP contribution in [0, 0.1) is 10.8 Å². The smallest absolute Gasteiger partial charge is 0.115 e. The molecule has 0 spiro atoms. The summed E-state index contributed by atoms with van der Waals surface area (Å²) in [7, 11) is 5.86. The molecule has 0 saturated heterocycles. The van der Waals surface area contributed by atoms with Crippen LogP contribution in [0.1, 0.15) is 46.0 Å². The molecule has 21 heavy (non-hydrogen) atoms. The standard InChI is InChI=1S/C18H31NO2/c1-16(2)9-11-18(20,12-10-16)17(14-19(3)4)8-6-7-15(13-17)21-5/h6-7,13,20H,8-12,14H2,1-5H3. The lowest BCUT2D eigenvalue weighted by Crippen LogP contribution is -2.55. The van der Waals surface area contributed by atoms with Crippen LogP contribution in [0.15, 0.2) is 24.0 Å². The lowest BCUT2D eigenvalue weighted by molar-refractivity contribution is -0.112. The van der Waals surface area contributed by atoms with E-state index in [2.05, 4.69) is 45.0 Å². The second-order valence-electron chi connectivity index (χ2n) is 7.95. The van der Waals surface area contributed by atoms with E-state index in [0.717, 1.165) is 44.4 Å². The van der Waals surface area contributed by atoms with Crippen molar-refractivity contribution in [2.24, 2.45) is 10.8 Å². The number of ether oxygens (including phenoxy) is 1. The Morgan fingerprint density at radius 2 is 1.81 bits per heavy atom. The van der Waals surface area contributed by atoms with E-state index in [1.54, 1.807) is 7.11 Å². The molecule has 1 saturated carbocycles. The van der Waals surface area contributed by atoms with Gasteiger partial charge in [0.15, 0.2) is 0 Å². The molecule has 0 aromatic heterocycles. The minimum Gasteiger partial charge on any atom is -0.497 e. The fraction of sp³-hybridized carbons (Fsp3) is 0.778. The number of aliphatic hydroxyl groups is 1. The molecule has 0 amide bonds. The average Bonchev–Trinajstić information content (AvgIpc) is 2.42. The van der Waals surface area contributed by atoms with Gasteiger partial charge in [-0.15, -0.1) is 0 Å². The Labute approximate surface area is 129 Å². The number of methoxy groups -OCH3 is 1. The third kappa shape index (κ3) is 3.35. The lowest BCUT2D eigenvalue weighted by Gasteiger charge is -2.52. The van der Waals surface area contributed by atoms with Crippen molar-refractivity contribution in [2.45, 2.75) is 51.6 Å². The number of rotatable bonds is 4. The molecule has 2 aliphatic rings. The van der Waals surface area contributed by atoms with Gasteiger partial charge in [0.1, 0.15) is 5.76 Å². The largest absolute Gasteiger partial charge is 0.497 e. The van der Waals surface area contributed by atoms with Crippen LogP contribution in [0.3, 0.4) is 0 Å². The van der Waals surface area contributed by atoms with Gasteiger partial charge in [-0.05, 0) is 63.8 Å². The molecule has 0 radical (unpaired) electrons. The maximum absolute atomic E-state index is 11.5. The summed E-state index contributed by atoms with van der Waals surface area (Å²) in [6, 6.07) is 0. The average molecular weight is 293 g/mol. The normalized spacial score (nSPS) is 31.1. The summed E-state index contributed by atoms with van der Waals surface area (Å²) in [6.07, 6.45) is 11.1. The molecule has 1 atom stereocenters. The quantitative estimate of drug-likeness (QED) is 0.863. The number of allylic oxidation sites excluding steroid dienone is 2. The van der Waals surface area contributed by atoms with E-state index in [9.17, 15) is 5.11 Å². The van der Waals surface area contributed by atoms with E-state index >= 15 is 0 Å². The van der Waals surface area contributed by atoms with E-state index in [0.29, 0.717) is 5.41 Å². The van der Waals surface area contributed by atoms with E-state index in [-0.39, 0.29) is 5.41 Å². The maximum atomic E-state index is 11.5. The second-order valence-corrected chi connectivity index (χ2v) is 7.95. The highest BCUT2D eigenvalue weighted by Gasteiger charge is 2.51. The monoisotopic (exact) mass is 293 g/mol. The van der Waals surface area contributed by atoms with E-state index in [1.807, 2.05) is 6.08 Å². The Hall–Kier alpha value is -0.800. The van der Waals surface area contributed by atoms with Crippen LogP contribution in [0.2, 0.25) is 0 Å². The summed E-state index contributed by atoms with van der Waals surface area (Å²) in [5.41, 5.74) is -0.529. The summed E-state index contributed by atoms with van der Waals surface area (Å²) in [5, 5.41) is 11.5. The second kappa shape index (κ2) is 5.77. The van der Waals surface area contributed by atoms with Crippen molar-refractivity contribution in [1.29, 1.82) is 0 Å². The Morgan fingerprint density at radius 1 is 1.19 bits per heavy atom. The van der Waals surface area contributed by atoms with Crippen molar-refractivity contribution < 1.29 is 9.84 Å². The van der Waals surface area contributed by atoms with Crippen molar-refractivity contribution in [3.8, 4) is 0 Å². The van der Waals surface area contributed by atoms with E-state index in [4.69, 9.17) is 4.74 Å². The topological polar surface area (TPSA) is 32.7 Å². The molecule has 2 aliphatic carbocycles. The Bertz CT molecular complexity index is 426. The molecule has 120 valence electrons. The zero-order valence-electron chi connectivity index (χ0n) is 14.3. The highest BCUT2D eigenvalue weighted by atomic mass is 16.5. The third-order valence-electron chi connectivity index (χ3n) is 5.37. The first-order valence-electron chi connectivity index (χ1n) is 8.03. The van der Waals surface area contributed by atoms with Gasteiger partial charge in [-0.25, -0.2) is 0 Å². The Kier molecular flexibility index (Phi) is 4.55. The summed E-state index contributed by atoms with van der Waals surface area (Å²) in [6.45, 7) is 5.46. The van der Waals surface area contributed by atoms with E-state index in [1.165, 1.54) is 0 Å². The first-order valence-corrected chi connectivity index (χ1v) is 8.03. The van der Waals surface area contributed by atoms with Gasteiger partial charge < -0.3 is 14.7 Å². The number of nitrogens with zero attached hydrogens (tertiary/aromatic N) is 1. The van der Waals surface area contributed by atoms with Gasteiger partial charge in [0.25, 0.3) is 0 Å².